The van der Waals surface area contributed by atoms with Gasteiger partial charge in [-0.25, -0.2) is 0 Å². The van der Waals surface area contributed by atoms with Crippen LogP contribution in [0.25, 0.3) is 0 Å². The van der Waals surface area contributed by atoms with Gasteiger partial charge in [0.15, 0.2) is 0 Å². The van der Waals surface area contributed by atoms with Crippen LogP contribution in [-0.4, -0.2) is 29.9 Å². The molecule has 0 aliphatic heterocycles. The van der Waals surface area contributed by atoms with Crippen LogP contribution in [0.2, 0.25) is 0 Å². The SMILES string of the molecule is C#CCN(CC)C(=O)C1CCC(N)C(C)C1(C)C. The Hall–Kier alpha value is -1.01. The number of carbonyl (C=O) groups is 1. The van der Waals surface area contributed by atoms with E-state index < -0.39 is 0 Å². The van der Waals surface area contributed by atoms with Crippen LogP contribution in [0.5, 0.6) is 0 Å². The zero-order chi connectivity index (χ0) is 13.9. The van der Waals surface area contributed by atoms with Crippen LogP contribution in [0.3, 0.4) is 0 Å². The molecule has 0 saturated heterocycles. The van der Waals surface area contributed by atoms with Gasteiger partial charge in [0.2, 0.25) is 5.91 Å². The van der Waals surface area contributed by atoms with E-state index in [2.05, 4.69) is 26.7 Å². The first-order valence-electron chi connectivity index (χ1n) is 6.84. The number of amides is 1. The summed E-state index contributed by atoms with van der Waals surface area (Å²) in [4.78, 5) is 14.4. The summed E-state index contributed by atoms with van der Waals surface area (Å²) in [5.74, 6) is 3.15. The average Bonchev–Trinajstić information content (AvgIpc) is 2.32. The molecule has 1 amide bonds. The standard InChI is InChI=1S/C15H26N2O/c1-6-10-17(7-2)14(18)12-8-9-13(16)11(3)15(12,4)5/h1,11-13H,7-10,16H2,2-5H3. The number of nitrogens with zero attached hydrogens (tertiary/aromatic N) is 1. The maximum absolute atomic E-state index is 12.6. The Balaban J connectivity index is 2.88. The lowest BCUT2D eigenvalue weighted by molar-refractivity contribution is -0.142. The van der Waals surface area contributed by atoms with E-state index in [4.69, 9.17) is 12.2 Å². The van der Waals surface area contributed by atoms with Gasteiger partial charge in [-0.05, 0) is 31.1 Å². The minimum absolute atomic E-state index is 0.0422. The number of hydrogen-bond donors (Lipinski definition) is 1. The van der Waals surface area contributed by atoms with E-state index in [0.29, 0.717) is 19.0 Å². The number of nitrogens with two attached hydrogens (primary N) is 1. The van der Waals surface area contributed by atoms with Crippen LogP contribution in [0.1, 0.15) is 40.5 Å². The molecule has 2 N–H and O–H groups in total. The predicted molar refractivity (Wildman–Crippen MR) is 74.7 cm³/mol. The van der Waals surface area contributed by atoms with Crippen LogP contribution >= 0.6 is 0 Å². The normalized spacial score (nSPS) is 30.6. The van der Waals surface area contributed by atoms with Gasteiger partial charge in [0.05, 0.1) is 6.54 Å². The molecule has 0 aromatic heterocycles. The van der Waals surface area contributed by atoms with E-state index in [1.54, 1.807) is 4.90 Å². The number of hydrogen-bond acceptors (Lipinski definition) is 2. The molecule has 3 unspecified atom stereocenters. The lowest BCUT2D eigenvalue weighted by Crippen LogP contribution is -2.52. The molecular weight excluding hydrogens is 224 g/mol. The first kappa shape index (κ1) is 15.0. The van der Waals surface area contributed by atoms with Crippen LogP contribution in [0, 0.1) is 29.6 Å². The van der Waals surface area contributed by atoms with Crippen molar-refractivity contribution >= 4 is 5.91 Å². The molecule has 0 aromatic rings. The molecule has 102 valence electrons. The van der Waals surface area contributed by atoms with Crippen molar-refractivity contribution in [1.82, 2.24) is 4.90 Å². The van der Waals surface area contributed by atoms with Crippen LogP contribution < -0.4 is 5.73 Å². The van der Waals surface area contributed by atoms with Crippen molar-refractivity contribution in [3.63, 3.8) is 0 Å². The average molecular weight is 250 g/mol. The maximum atomic E-state index is 12.6. The number of terminal acetylenes is 1. The second-order valence-corrected chi connectivity index (χ2v) is 5.96. The van der Waals surface area contributed by atoms with Crippen molar-refractivity contribution in [1.29, 1.82) is 0 Å². The molecular formula is C15H26N2O. The summed E-state index contributed by atoms with van der Waals surface area (Å²) in [6.07, 6.45) is 7.12. The van der Waals surface area contributed by atoms with Gasteiger partial charge < -0.3 is 10.6 Å². The fourth-order valence-electron chi connectivity index (χ4n) is 2.97. The van der Waals surface area contributed by atoms with Gasteiger partial charge in [-0.2, -0.15) is 0 Å². The van der Waals surface area contributed by atoms with E-state index >= 15 is 0 Å². The Bertz CT molecular complexity index is 343. The Morgan fingerprint density at radius 2 is 2.11 bits per heavy atom. The molecule has 1 aliphatic rings. The van der Waals surface area contributed by atoms with Gasteiger partial charge in [0, 0.05) is 18.5 Å². The van der Waals surface area contributed by atoms with E-state index in [1.165, 1.54) is 0 Å². The van der Waals surface area contributed by atoms with Crippen molar-refractivity contribution in [3.8, 4) is 12.3 Å². The smallest absolute Gasteiger partial charge is 0.227 e. The number of carbonyl (C=O) groups excluding carboxylic acids is 1. The largest absolute Gasteiger partial charge is 0.332 e. The van der Waals surface area contributed by atoms with Crippen molar-refractivity contribution < 1.29 is 4.79 Å². The number of rotatable bonds is 3. The molecule has 0 bridgehead atoms. The molecule has 1 saturated carbocycles. The molecule has 0 radical (unpaired) electrons. The summed E-state index contributed by atoms with van der Waals surface area (Å²) >= 11 is 0. The molecule has 1 rings (SSSR count). The quantitative estimate of drug-likeness (QED) is 0.777. The summed E-state index contributed by atoms with van der Waals surface area (Å²) < 4.78 is 0. The molecule has 1 aliphatic carbocycles. The van der Waals surface area contributed by atoms with E-state index in [-0.39, 0.29) is 23.3 Å². The summed E-state index contributed by atoms with van der Waals surface area (Å²) in [5.41, 5.74) is 6.07. The van der Waals surface area contributed by atoms with Crippen LogP contribution in [0.15, 0.2) is 0 Å². The summed E-state index contributed by atoms with van der Waals surface area (Å²) in [6, 6.07) is 0.201. The minimum Gasteiger partial charge on any atom is -0.332 e. The van der Waals surface area contributed by atoms with E-state index in [1.807, 2.05) is 6.92 Å². The molecule has 3 heteroatoms. The van der Waals surface area contributed by atoms with Gasteiger partial charge in [0.25, 0.3) is 0 Å². The highest BCUT2D eigenvalue weighted by molar-refractivity contribution is 5.80. The Labute approximate surface area is 111 Å². The lowest BCUT2D eigenvalue weighted by Gasteiger charge is -2.47. The Morgan fingerprint density at radius 3 is 2.61 bits per heavy atom. The van der Waals surface area contributed by atoms with E-state index in [0.717, 1.165) is 12.8 Å². The monoisotopic (exact) mass is 250 g/mol. The Morgan fingerprint density at radius 1 is 1.50 bits per heavy atom. The highest BCUT2D eigenvalue weighted by Gasteiger charge is 2.45. The summed E-state index contributed by atoms with van der Waals surface area (Å²) in [7, 11) is 0. The first-order valence-corrected chi connectivity index (χ1v) is 6.84. The topological polar surface area (TPSA) is 46.3 Å². The van der Waals surface area contributed by atoms with Crippen LogP contribution in [-0.2, 0) is 4.79 Å². The third-order valence-electron chi connectivity index (χ3n) is 4.78. The zero-order valence-electron chi connectivity index (χ0n) is 12.1. The highest BCUT2D eigenvalue weighted by Crippen LogP contribution is 2.45. The fraction of sp³-hybridized carbons (Fsp3) is 0.800. The van der Waals surface area contributed by atoms with E-state index in [9.17, 15) is 4.79 Å². The molecule has 0 spiro atoms. The van der Waals surface area contributed by atoms with Gasteiger partial charge in [0.1, 0.15) is 0 Å². The Kier molecular flexibility index (Phi) is 4.81. The van der Waals surface area contributed by atoms with Crippen molar-refractivity contribution in [2.75, 3.05) is 13.1 Å². The van der Waals surface area contributed by atoms with Gasteiger partial charge in [-0.3, -0.25) is 4.79 Å². The molecule has 3 atom stereocenters. The highest BCUT2D eigenvalue weighted by atomic mass is 16.2. The second-order valence-electron chi connectivity index (χ2n) is 5.96. The predicted octanol–water partition coefficient (Wildman–Crippen LogP) is 1.87. The van der Waals surface area contributed by atoms with Crippen molar-refractivity contribution in [3.05, 3.63) is 0 Å². The second kappa shape index (κ2) is 5.75. The van der Waals surface area contributed by atoms with Gasteiger partial charge in [-0.1, -0.05) is 26.7 Å². The minimum atomic E-state index is -0.0588. The third kappa shape index (κ3) is 2.70. The third-order valence-corrected chi connectivity index (χ3v) is 4.78. The lowest BCUT2D eigenvalue weighted by atomic mass is 9.60. The summed E-state index contributed by atoms with van der Waals surface area (Å²) in [5, 5.41) is 0. The molecule has 3 nitrogen and oxygen atoms in total. The summed E-state index contributed by atoms with van der Waals surface area (Å²) in [6.45, 7) is 9.52. The molecule has 0 aromatic carbocycles. The van der Waals surface area contributed by atoms with Crippen molar-refractivity contribution in [2.45, 2.75) is 46.6 Å². The first-order chi connectivity index (χ1) is 8.36. The molecule has 0 heterocycles. The van der Waals surface area contributed by atoms with Crippen LogP contribution in [0.4, 0.5) is 0 Å². The molecule has 1 fully saturated rings. The van der Waals surface area contributed by atoms with Gasteiger partial charge >= 0.3 is 0 Å². The van der Waals surface area contributed by atoms with Crippen molar-refractivity contribution in [2.24, 2.45) is 23.0 Å². The molecule has 18 heavy (non-hydrogen) atoms. The maximum Gasteiger partial charge on any atom is 0.227 e. The van der Waals surface area contributed by atoms with Gasteiger partial charge in [-0.15, -0.1) is 6.42 Å². The zero-order valence-corrected chi connectivity index (χ0v) is 12.1. The fourth-order valence-corrected chi connectivity index (χ4v) is 2.97.